The summed E-state index contributed by atoms with van der Waals surface area (Å²) in [6.45, 7) is 20.3. The van der Waals surface area contributed by atoms with Gasteiger partial charge in [0, 0.05) is 52.7 Å². The van der Waals surface area contributed by atoms with Crippen LogP contribution in [0.2, 0.25) is 0 Å². The van der Waals surface area contributed by atoms with Crippen LogP contribution in [0.1, 0.15) is 143 Å². The van der Waals surface area contributed by atoms with Gasteiger partial charge in [-0.2, -0.15) is 0 Å². The van der Waals surface area contributed by atoms with Gasteiger partial charge in [0.05, 0.1) is 28.4 Å². The number of hydrogen-bond donors (Lipinski definition) is 2. The second-order valence-electron chi connectivity index (χ2n) is 21.5. The van der Waals surface area contributed by atoms with Crippen LogP contribution in [0.3, 0.4) is 0 Å². The number of nitrogens with one attached hydrogen (secondary N) is 1. The second-order valence-corrected chi connectivity index (χ2v) is 21.5. The number of hydrogen-bond acceptors (Lipinski definition) is 8. The van der Waals surface area contributed by atoms with E-state index in [0.717, 1.165) is 44.1 Å². The maximum Gasteiger partial charge on any atom is 0.251 e. The predicted octanol–water partition coefficient (Wildman–Crippen LogP) is 11.2. The van der Waals surface area contributed by atoms with Crippen molar-refractivity contribution in [3.63, 3.8) is 0 Å². The molecule has 0 unspecified atom stereocenters. The lowest BCUT2D eigenvalue weighted by atomic mass is 9.45. The molecule has 0 heterocycles. The smallest absolute Gasteiger partial charge is 0.251 e. The minimum Gasteiger partial charge on any atom is -0.497 e. The first-order valence-corrected chi connectivity index (χ1v) is 23.3. The lowest BCUT2D eigenvalue weighted by Gasteiger charge is -2.60. The summed E-state index contributed by atoms with van der Waals surface area (Å²) in [5.74, 6) is 3.35. The topological polar surface area (TPSA) is 126 Å². The van der Waals surface area contributed by atoms with E-state index >= 15 is 0 Å². The minimum atomic E-state index is -0.226. The summed E-state index contributed by atoms with van der Waals surface area (Å²) >= 11 is 0. The zero-order chi connectivity index (χ0) is 46.2. The Kier molecular flexibility index (Phi) is 14.2. The number of carbonyl (C=O) groups is 3. The third kappa shape index (κ3) is 9.42. The molecule has 344 valence electrons. The number of ether oxygens (including phenoxy) is 4. The molecule has 3 aromatic rings. The van der Waals surface area contributed by atoms with Gasteiger partial charge in [0.2, 0.25) is 0 Å². The van der Waals surface area contributed by atoms with Gasteiger partial charge in [0.15, 0.2) is 11.6 Å². The summed E-state index contributed by atoms with van der Waals surface area (Å²) in [5, 5.41) is 3.33. The Balaban J connectivity index is 0.000000219. The molecule has 4 fully saturated rings. The molecule has 4 aliphatic rings. The molecule has 0 spiro atoms. The molecule has 4 saturated carbocycles. The predicted molar refractivity (Wildman–Crippen MR) is 251 cm³/mol. The highest BCUT2D eigenvalue weighted by atomic mass is 16.5. The molecule has 9 heteroatoms. The molecule has 4 aliphatic carbocycles. The monoisotopic (exact) mass is 865 g/mol. The number of aryl methyl sites for hydroxylation is 1. The van der Waals surface area contributed by atoms with Crippen molar-refractivity contribution in [2.24, 2.45) is 62.9 Å². The van der Waals surface area contributed by atoms with E-state index < -0.39 is 0 Å². The van der Waals surface area contributed by atoms with Gasteiger partial charge in [-0.15, -0.1) is 0 Å². The number of rotatable bonds is 10. The molecule has 9 nitrogen and oxygen atoms in total. The van der Waals surface area contributed by atoms with Crippen LogP contribution in [0.4, 0.5) is 0 Å². The Bertz CT molecular complexity index is 2080. The van der Waals surface area contributed by atoms with E-state index in [9.17, 15) is 14.4 Å². The van der Waals surface area contributed by atoms with Crippen LogP contribution in [0.25, 0.3) is 0 Å². The molecule has 63 heavy (non-hydrogen) atoms. The van der Waals surface area contributed by atoms with Crippen LogP contribution in [-0.4, -0.2) is 58.0 Å². The van der Waals surface area contributed by atoms with Gasteiger partial charge in [-0.25, -0.2) is 0 Å². The fourth-order valence-electron chi connectivity index (χ4n) is 13.4. The lowest BCUT2D eigenvalue weighted by Crippen LogP contribution is -2.60. The number of Topliss-reactive ketones (excluding diaryl/α,β-unsaturated/α-hetero) is 2. The van der Waals surface area contributed by atoms with Gasteiger partial charge >= 0.3 is 0 Å². The maximum atomic E-state index is 14.3. The Hall–Kier alpha value is -4.37. The van der Waals surface area contributed by atoms with Gasteiger partial charge in [0.1, 0.15) is 23.0 Å². The quantitative estimate of drug-likeness (QED) is 0.193. The van der Waals surface area contributed by atoms with Gasteiger partial charge in [-0.1, -0.05) is 85.9 Å². The zero-order valence-electron chi connectivity index (χ0n) is 40.5. The zero-order valence-corrected chi connectivity index (χ0v) is 40.5. The van der Waals surface area contributed by atoms with E-state index in [1.807, 2.05) is 55.5 Å². The molecule has 3 aromatic carbocycles. The first-order valence-electron chi connectivity index (χ1n) is 23.3. The Morgan fingerprint density at radius 2 is 0.968 bits per heavy atom. The second kappa shape index (κ2) is 18.6. The van der Waals surface area contributed by atoms with Gasteiger partial charge in [-0.05, 0) is 127 Å². The molecular formula is C54H76N2O7. The summed E-state index contributed by atoms with van der Waals surface area (Å²) in [6, 6.07) is 18.5. The lowest BCUT2D eigenvalue weighted by molar-refractivity contribution is -0.0902. The van der Waals surface area contributed by atoms with Crippen molar-refractivity contribution in [1.29, 1.82) is 0 Å². The van der Waals surface area contributed by atoms with Crippen molar-refractivity contribution in [2.45, 2.75) is 126 Å². The number of amides is 1. The Morgan fingerprint density at radius 1 is 0.571 bits per heavy atom. The Labute approximate surface area is 377 Å². The van der Waals surface area contributed by atoms with E-state index in [1.54, 1.807) is 40.6 Å². The number of fused-ring (bicyclic) bond motifs is 2. The van der Waals surface area contributed by atoms with E-state index in [-0.39, 0.29) is 74.9 Å². The fraction of sp³-hybridized carbons (Fsp3) is 0.611. The van der Waals surface area contributed by atoms with Crippen LogP contribution in [-0.2, 0) is 0 Å². The highest BCUT2D eigenvalue weighted by Crippen LogP contribution is 2.63. The maximum absolute atomic E-state index is 14.3. The molecule has 0 saturated heterocycles. The fourth-order valence-corrected chi connectivity index (χ4v) is 13.4. The molecular weight excluding hydrogens is 789 g/mol. The summed E-state index contributed by atoms with van der Waals surface area (Å²) < 4.78 is 21.7. The highest BCUT2D eigenvalue weighted by molar-refractivity contribution is 6.00. The number of benzene rings is 3. The van der Waals surface area contributed by atoms with E-state index in [1.165, 1.54) is 12.8 Å². The van der Waals surface area contributed by atoms with Gasteiger partial charge < -0.3 is 30.0 Å². The average molecular weight is 865 g/mol. The van der Waals surface area contributed by atoms with Crippen molar-refractivity contribution in [1.82, 2.24) is 5.32 Å². The standard InChI is InChI=1S/C31H41NO4.C23H35NO3/c1-19-9-11-21(12-10-19)29(34)32-25-18-26-30(3,4)13-8-14-31(26,5)27(20(25)2)28(33)22-15-23(35-6)17-24(16-22)36-7;1-14-18(24)13-19-22(2,3)8-7-9-23(19,4)20(14)21(25)15-10-16(26-5)12-17(11-15)27-6/h9-12,15-17,20,25-27H,8,13-14,18H2,1-7H3,(H,32,34);10-12,14,18-20H,7-9,13,24H2,1-6H3/t20-,25-,26+,27-,31+;14-,18-,19+,20-,23+/m11/s1. The van der Waals surface area contributed by atoms with Crippen LogP contribution in [0.15, 0.2) is 60.7 Å². The third-order valence-corrected chi connectivity index (χ3v) is 16.8. The highest BCUT2D eigenvalue weighted by Gasteiger charge is 2.60. The summed E-state index contributed by atoms with van der Waals surface area (Å²) in [7, 11) is 6.43. The van der Waals surface area contributed by atoms with Crippen molar-refractivity contribution < 1.29 is 33.3 Å². The van der Waals surface area contributed by atoms with Crippen molar-refractivity contribution in [2.75, 3.05) is 28.4 Å². The summed E-state index contributed by atoms with van der Waals surface area (Å²) in [5.41, 5.74) is 9.77. The van der Waals surface area contributed by atoms with Crippen LogP contribution in [0.5, 0.6) is 23.0 Å². The molecule has 3 N–H and O–H groups in total. The van der Waals surface area contributed by atoms with E-state index in [0.29, 0.717) is 51.5 Å². The molecule has 10 atom stereocenters. The number of ketones is 2. The van der Waals surface area contributed by atoms with Crippen molar-refractivity contribution in [3.05, 3.63) is 82.9 Å². The normalized spacial score (nSPS) is 31.7. The molecule has 0 radical (unpaired) electrons. The SMILES string of the molecule is COc1cc(OC)cc(C(=O)[C@H]2[C@H](C)[C@H](N)C[C@H]3C(C)(C)CCC[C@]23C)c1.COc1cc(OC)cc(C(=O)[C@H]2[C@H](C)[C@H](NC(=O)c3ccc(C)cc3)C[C@H]3C(C)(C)CCC[C@]23C)c1. The molecule has 1 amide bonds. The third-order valence-electron chi connectivity index (χ3n) is 16.8. The first-order chi connectivity index (χ1) is 29.6. The number of nitrogens with two attached hydrogens (primary N) is 1. The summed E-state index contributed by atoms with van der Waals surface area (Å²) in [4.78, 5) is 41.4. The van der Waals surface area contributed by atoms with Crippen molar-refractivity contribution in [3.8, 4) is 23.0 Å². The van der Waals surface area contributed by atoms with E-state index in [4.69, 9.17) is 24.7 Å². The van der Waals surface area contributed by atoms with Crippen LogP contribution >= 0.6 is 0 Å². The Morgan fingerprint density at radius 3 is 1.38 bits per heavy atom. The summed E-state index contributed by atoms with van der Waals surface area (Å²) in [6.07, 6.45) is 8.63. The number of carbonyl (C=O) groups excluding carboxylic acids is 3. The molecule has 7 rings (SSSR count). The minimum absolute atomic E-state index is 0.0146. The molecule has 0 aromatic heterocycles. The van der Waals surface area contributed by atoms with Crippen LogP contribution < -0.4 is 30.0 Å². The largest absolute Gasteiger partial charge is 0.497 e. The molecule has 0 aliphatic heterocycles. The molecule has 0 bridgehead atoms. The van der Waals surface area contributed by atoms with Crippen LogP contribution in [0, 0.1) is 64.1 Å². The van der Waals surface area contributed by atoms with Crippen molar-refractivity contribution >= 4 is 17.5 Å². The average Bonchev–Trinajstić information content (AvgIpc) is 3.24. The van der Waals surface area contributed by atoms with E-state index in [2.05, 4.69) is 60.7 Å². The number of methoxy groups -OCH3 is 4. The van der Waals surface area contributed by atoms with Gasteiger partial charge in [0.25, 0.3) is 5.91 Å². The first kappa shape index (κ1) is 48.1. The van der Waals surface area contributed by atoms with Gasteiger partial charge in [-0.3, -0.25) is 14.4 Å².